The van der Waals surface area contributed by atoms with Crippen molar-refractivity contribution in [3.8, 4) is 0 Å². The number of benzene rings is 2. The van der Waals surface area contributed by atoms with Gasteiger partial charge in [-0.25, -0.2) is 0 Å². The molecule has 0 spiro atoms. The maximum Gasteiger partial charge on any atom is 0.0366 e. The Kier molecular flexibility index (Phi) is 5.60. The minimum atomic E-state index is 0.760. The van der Waals surface area contributed by atoms with Crippen molar-refractivity contribution in [1.29, 1.82) is 0 Å². The standard InChI is InChI=1S/C23H31N/c1-4-18(2)16-24(17-22-9-10-22)23-13-11-21(12-14-23)15-20-7-5-19(3)6-8-20/h5-8,11-14,18,22H,4,9-10,15-17H2,1-3H3. The molecule has 1 unspecified atom stereocenters. The van der Waals surface area contributed by atoms with Gasteiger partial charge in [0.2, 0.25) is 0 Å². The van der Waals surface area contributed by atoms with E-state index < -0.39 is 0 Å². The van der Waals surface area contributed by atoms with Crippen LogP contribution < -0.4 is 4.90 Å². The fraction of sp³-hybridized carbons (Fsp3) is 0.478. The van der Waals surface area contributed by atoms with Gasteiger partial charge in [-0.2, -0.15) is 0 Å². The second-order valence-electron chi connectivity index (χ2n) is 7.69. The number of aryl methyl sites for hydroxylation is 1. The molecule has 0 aromatic heterocycles. The molecule has 2 aromatic carbocycles. The zero-order valence-corrected chi connectivity index (χ0v) is 15.5. The SMILES string of the molecule is CCC(C)CN(CC1CC1)c1ccc(Cc2ccc(C)cc2)cc1. The Bertz CT molecular complexity index is 622. The van der Waals surface area contributed by atoms with Crippen LogP contribution in [-0.4, -0.2) is 13.1 Å². The van der Waals surface area contributed by atoms with Gasteiger partial charge < -0.3 is 4.90 Å². The molecule has 1 aliphatic rings. The van der Waals surface area contributed by atoms with E-state index in [-0.39, 0.29) is 0 Å². The van der Waals surface area contributed by atoms with Crippen LogP contribution in [-0.2, 0) is 6.42 Å². The van der Waals surface area contributed by atoms with Crippen molar-refractivity contribution < 1.29 is 0 Å². The van der Waals surface area contributed by atoms with Crippen molar-refractivity contribution in [3.63, 3.8) is 0 Å². The van der Waals surface area contributed by atoms with Gasteiger partial charge in [0.05, 0.1) is 0 Å². The van der Waals surface area contributed by atoms with E-state index in [1.165, 1.54) is 54.7 Å². The lowest BCUT2D eigenvalue weighted by Gasteiger charge is -2.28. The highest BCUT2D eigenvalue weighted by atomic mass is 15.1. The van der Waals surface area contributed by atoms with Crippen molar-refractivity contribution in [1.82, 2.24) is 0 Å². The second-order valence-corrected chi connectivity index (χ2v) is 7.69. The Balaban J connectivity index is 1.67. The summed E-state index contributed by atoms with van der Waals surface area (Å²) in [5, 5.41) is 0. The van der Waals surface area contributed by atoms with Crippen molar-refractivity contribution in [3.05, 3.63) is 65.2 Å². The van der Waals surface area contributed by atoms with Crippen LogP contribution >= 0.6 is 0 Å². The highest BCUT2D eigenvalue weighted by Gasteiger charge is 2.25. The fourth-order valence-corrected chi connectivity index (χ4v) is 3.17. The zero-order valence-electron chi connectivity index (χ0n) is 15.5. The van der Waals surface area contributed by atoms with E-state index in [4.69, 9.17) is 0 Å². The smallest absolute Gasteiger partial charge is 0.0366 e. The Hall–Kier alpha value is -1.76. The van der Waals surface area contributed by atoms with Gasteiger partial charge in [0.15, 0.2) is 0 Å². The van der Waals surface area contributed by atoms with Crippen molar-refractivity contribution in [2.24, 2.45) is 11.8 Å². The number of anilines is 1. The second kappa shape index (κ2) is 7.88. The topological polar surface area (TPSA) is 3.24 Å². The molecular weight excluding hydrogens is 290 g/mol. The van der Waals surface area contributed by atoms with Crippen LogP contribution in [0.5, 0.6) is 0 Å². The number of hydrogen-bond acceptors (Lipinski definition) is 1. The summed E-state index contributed by atoms with van der Waals surface area (Å²) in [4.78, 5) is 2.61. The summed E-state index contributed by atoms with van der Waals surface area (Å²) in [5.41, 5.74) is 5.52. The molecule has 128 valence electrons. The lowest BCUT2D eigenvalue weighted by molar-refractivity contribution is 0.535. The van der Waals surface area contributed by atoms with Crippen LogP contribution in [0.2, 0.25) is 0 Å². The average Bonchev–Trinajstić information content (AvgIpc) is 3.41. The van der Waals surface area contributed by atoms with E-state index in [2.05, 4.69) is 74.2 Å². The largest absolute Gasteiger partial charge is 0.371 e. The van der Waals surface area contributed by atoms with Gasteiger partial charge in [-0.3, -0.25) is 0 Å². The van der Waals surface area contributed by atoms with Crippen molar-refractivity contribution >= 4 is 5.69 Å². The Morgan fingerprint density at radius 3 is 2.08 bits per heavy atom. The quantitative estimate of drug-likeness (QED) is 0.589. The third-order valence-electron chi connectivity index (χ3n) is 5.23. The highest BCUT2D eigenvalue weighted by Crippen LogP contribution is 2.32. The minimum Gasteiger partial charge on any atom is -0.371 e. The maximum atomic E-state index is 2.61. The van der Waals surface area contributed by atoms with Gasteiger partial charge in [0, 0.05) is 18.8 Å². The molecule has 0 radical (unpaired) electrons. The van der Waals surface area contributed by atoms with E-state index in [9.17, 15) is 0 Å². The lowest BCUT2D eigenvalue weighted by Crippen LogP contribution is -2.30. The normalized spacial score (nSPS) is 15.3. The Morgan fingerprint density at radius 2 is 1.54 bits per heavy atom. The first-order valence-electron chi connectivity index (χ1n) is 9.53. The summed E-state index contributed by atoms with van der Waals surface area (Å²) >= 11 is 0. The number of rotatable bonds is 8. The van der Waals surface area contributed by atoms with Crippen LogP contribution in [0.3, 0.4) is 0 Å². The molecule has 1 heteroatoms. The number of nitrogens with zero attached hydrogens (tertiary/aromatic N) is 1. The molecule has 1 atom stereocenters. The van der Waals surface area contributed by atoms with Gasteiger partial charge in [0.1, 0.15) is 0 Å². The summed E-state index contributed by atoms with van der Waals surface area (Å²) in [6, 6.07) is 18.2. The van der Waals surface area contributed by atoms with Crippen molar-refractivity contribution in [2.75, 3.05) is 18.0 Å². The van der Waals surface area contributed by atoms with Gasteiger partial charge in [-0.1, -0.05) is 62.2 Å². The zero-order chi connectivity index (χ0) is 16.9. The number of hydrogen-bond donors (Lipinski definition) is 0. The summed E-state index contributed by atoms with van der Waals surface area (Å²) in [6.45, 7) is 9.23. The van der Waals surface area contributed by atoms with Crippen LogP contribution in [0.15, 0.2) is 48.5 Å². The van der Waals surface area contributed by atoms with Crippen LogP contribution in [0.4, 0.5) is 5.69 Å². The molecule has 0 amide bonds. The average molecular weight is 322 g/mol. The molecule has 1 saturated carbocycles. The molecule has 3 rings (SSSR count). The molecule has 2 aromatic rings. The molecule has 0 N–H and O–H groups in total. The third kappa shape index (κ3) is 4.87. The molecule has 1 fully saturated rings. The Labute approximate surface area is 147 Å². The summed E-state index contributed by atoms with van der Waals surface area (Å²) < 4.78 is 0. The van der Waals surface area contributed by atoms with Gasteiger partial charge >= 0.3 is 0 Å². The summed E-state index contributed by atoms with van der Waals surface area (Å²) in [5.74, 6) is 1.69. The molecule has 0 bridgehead atoms. The monoisotopic (exact) mass is 321 g/mol. The minimum absolute atomic E-state index is 0.760. The maximum absolute atomic E-state index is 2.61. The van der Waals surface area contributed by atoms with Crippen molar-refractivity contribution in [2.45, 2.75) is 46.5 Å². The van der Waals surface area contributed by atoms with E-state index in [1.807, 2.05) is 0 Å². The molecule has 24 heavy (non-hydrogen) atoms. The van der Waals surface area contributed by atoms with Gasteiger partial charge in [0.25, 0.3) is 0 Å². The predicted octanol–water partition coefficient (Wildman–Crippen LogP) is 5.85. The predicted molar refractivity (Wildman–Crippen MR) is 105 cm³/mol. The van der Waals surface area contributed by atoms with Gasteiger partial charge in [-0.15, -0.1) is 0 Å². The summed E-state index contributed by atoms with van der Waals surface area (Å²) in [7, 11) is 0. The first-order chi connectivity index (χ1) is 11.6. The molecule has 1 aliphatic carbocycles. The summed E-state index contributed by atoms with van der Waals surface area (Å²) in [6.07, 6.45) is 5.12. The first-order valence-corrected chi connectivity index (χ1v) is 9.53. The highest BCUT2D eigenvalue weighted by molar-refractivity contribution is 5.48. The van der Waals surface area contributed by atoms with E-state index in [0.717, 1.165) is 18.3 Å². The van der Waals surface area contributed by atoms with Crippen LogP contribution in [0.1, 0.15) is 49.8 Å². The van der Waals surface area contributed by atoms with E-state index >= 15 is 0 Å². The molecule has 0 saturated heterocycles. The van der Waals surface area contributed by atoms with Crippen LogP contribution in [0.25, 0.3) is 0 Å². The van der Waals surface area contributed by atoms with Gasteiger partial charge in [-0.05, 0) is 61.3 Å². The third-order valence-corrected chi connectivity index (χ3v) is 5.23. The molecule has 0 heterocycles. The molecular formula is C23H31N. The molecule has 1 nitrogen and oxygen atoms in total. The fourth-order valence-electron chi connectivity index (χ4n) is 3.17. The first kappa shape index (κ1) is 17.1. The van der Waals surface area contributed by atoms with E-state index in [0.29, 0.717) is 0 Å². The lowest BCUT2D eigenvalue weighted by atomic mass is 10.0. The van der Waals surface area contributed by atoms with E-state index in [1.54, 1.807) is 0 Å². The van der Waals surface area contributed by atoms with Crippen LogP contribution in [0, 0.1) is 18.8 Å². The Morgan fingerprint density at radius 1 is 0.958 bits per heavy atom. The molecule has 0 aliphatic heterocycles.